The maximum Gasteiger partial charge on any atom is 0.206 e. The zero-order valence-corrected chi connectivity index (χ0v) is 7.10. The Hall–Kier alpha value is -1.47. The van der Waals surface area contributed by atoms with Gasteiger partial charge in [-0.3, -0.25) is 0 Å². The summed E-state index contributed by atoms with van der Waals surface area (Å²) < 4.78 is 5.22. The zero-order valence-electron chi connectivity index (χ0n) is 7.10. The molecule has 0 aliphatic carbocycles. The van der Waals surface area contributed by atoms with E-state index in [0.29, 0.717) is 18.2 Å². The first-order valence-electron chi connectivity index (χ1n) is 4.22. The Morgan fingerprint density at radius 3 is 3.00 bits per heavy atom. The summed E-state index contributed by atoms with van der Waals surface area (Å²) in [5.74, 6) is 0.990. The number of aliphatic hydroxyl groups is 1. The number of rotatable bonds is 1. The van der Waals surface area contributed by atoms with Crippen LogP contribution in [0, 0.1) is 11.3 Å². The van der Waals surface area contributed by atoms with Crippen LogP contribution in [0.3, 0.4) is 0 Å². The third-order valence-electron chi connectivity index (χ3n) is 2.18. The molecule has 0 amide bonds. The zero-order chi connectivity index (χ0) is 9.26. The molecule has 2 rings (SSSR count). The van der Waals surface area contributed by atoms with E-state index in [1.165, 1.54) is 0 Å². The SMILES string of the molecule is N#Cc1ccc(N2CC[C@H](O)C2)o1. The van der Waals surface area contributed by atoms with Crippen LogP contribution in [0.25, 0.3) is 0 Å². The van der Waals surface area contributed by atoms with E-state index in [0.717, 1.165) is 13.0 Å². The highest BCUT2D eigenvalue weighted by Gasteiger charge is 2.22. The molecule has 1 aromatic rings. The van der Waals surface area contributed by atoms with Crippen molar-refractivity contribution in [2.45, 2.75) is 12.5 Å². The Morgan fingerprint density at radius 2 is 2.46 bits per heavy atom. The minimum Gasteiger partial charge on any atom is -0.430 e. The van der Waals surface area contributed by atoms with Crippen LogP contribution < -0.4 is 4.90 Å². The molecule has 1 aromatic heterocycles. The lowest BCUT2D eigenvalue weighted by atomic mass is 10.3. The fourth-order valence-corrected chi connectivity index (χ4v) is 1.50. The van der Waals surface area contributed by atoms with Crippen LogP contribution >= 0.6 is 0 Å². The molecule has 4 heteroatoms. The van der Waals surface area contributed by atoms with Crippen molar-refractivity contribution in [2.24, 2.45) is 0 Å². The maximum atomic E-state index is 9.28. The van der Waals surface area contributed by atoms with Crippen molar-refractivity contribution < 1.29 is 9.52 Å². The monoisotopic (exact) mass is 178 g/mol. The highest BCUT2D eigenvalue weighted by atomic mass is 16.4. The average molecular weight is 178 g/mol. The van der Waals surface area contributed by atoms with E-state index in [9.17, 15) is 5.11 Å². The standard InChI is InChI=1S/C9H10N2O2/c10-5-8-1-2-9(13-8)11-4-3-7(12)6-11/h1-2,7,12H,3-4,6H2/t7-/m0/s1. The fourth-order valence-electron chi connectivity index (χ4n) is 1.50. The number of aliphatic hydroxyl groups excluding tert-OH is 1. The lowest BCUT2D eigenvalue weighted by molar-refractivity contribution is 0.198. The normalized spacial score (nSPS) is 21.8. The van der Waals surface area contributed by atoms with Crippen molar-refractivity contribution in [2.75, 3.05) is 18.0 Å². The molecule has 0 saturated carbocycles. The van der Waals surface area contributed by atoms with Gasteiger partial charge in [0.25, 0.3) is 0 Å². The smallest absolute Gasteiger partial charge is 0.206 e. The summed E-state index contributed by atoms with van der Waals surface area (Å²) in [5.41, 5.74) is 0. The van der Waals surface area contributed by atoms with Gasteiger partial charge in [0.15, 0.2) is 5.88 Å². The summed E-state index contributed by atoms with van der Waals surface area (Å²) in [4.78, 5) is 1.94. The molecular formula is C9H10N2O2. The Kier molecular flexibility index (Phi) is 1.95. The lowest BCUT2D eigenvalue weighted by Crippen LogP contribution is -2.20. The minimum absolute atomic E-state index is 0.268. The van der Waals surface area contributed by atoms with Crippen molar-refractivity contribution in [3.05, 3.63) is 17.9 Å². The minimum atomic E-state index is -0.268. The van der Waals surface area contributed by atoms with Crippen molar-refractivity contribution in [3.8, 4) is 6.07 Å². The largest absolute Gasteiger partial charge is 0.430 e. The quantitative estimate of drug-likeness (QED) is 0.688. The van der Waals surface area contributed by atoms with Gasteiger partial charge in [-0.15, -0.1) is 0 Å². The molecule has 1 saturated heterocycles. The first kappa shape index (κ1) is 8.14. The van der Waals surface area contributed by atoms with Gasteiger partial charge in [0.05, 0.1) is 6.10 Å². The van der Waals surface area contributed by atoms with E-state index in [1.54, 1.807) is 12.1 Å². The molecule has 0 spiro atoms. The van der Waals surface area contributed by atoms with Gasteiger partial charge in [-0.05, 0) is 12.5 Å². The molecule has 0 radical (unpaired) electrons. The summed E-state index contributed by atoms with van der Waals surface area (Å²) in [6.45, 7) is 1.39. The molecule has 0 unspecified atom stereocenters. The van der Waals surface area contributed by atoms with Gasteiger partial charge in [0.2, 0.25) is 5.76 Å². The molecule has 1 N–H and O–H groups in total. The molecule has 0 aromatic carbocycles. The fraction of sp³-hybridized carbons (Fsp3) is 0.444. The highest BCUT2D eigenvalue weighted by Crippen LogP contribution is 2.22. The van der Waals surface area contributed by atoms with E-state index in [-0.39, 0.29) is 6.10 Å². The van der Waals surface area contributed by atoms with Gasteiger partial charge in [-0.1, -0.05) is 0 Å². The first-order valence-corrected chi connectivity index (χ1v) is 4.22. The van der Waals surface area contributed by atoms with Crippen LogP contribution in [0.15, 0.2) is 16.5 Å². The van der Waals surface area contributed by atoms with E-state index < -0.39 is 0 Å². The third kappa shape index (κ3) is 1.51. The number of hydrogen-bond donors (Lipinski definition) is 1. The number of hydrogen-bond acceptors (Lipinski definition) is 4. The Balaban J connectivity index is 2.13. The number of anilines is 1. The predicted molar refractivity (Wildman–Crippen MR) is 46.3 cm³/mol. The molecule has 1 aliphatic heterocycles. The van der Waals surface area contributed by atoms with Crippen molar-refractivity contribution in [1.82, 2.24) is 0 Å². The molecule has 1 atom stereocenters. The summed E-state index contributed by atoms with van der Waals surface area (Å²) in [6.07, 6.45) is 0.499. The number of furan rings is 1. The van der Waals surface area contributed by atoms with Gasteiger partial charge >= 0.3 is 0 Å². The second kappa shape index (κ2) is 3.11. The van der Waals surface area contributed by atoms with Crippen LogP contribution in [0.4, 0.5) is 5.88 Å². The summed E-state index contributed by atoms with van der Waals surface area (Å²) in [5, 5.41) is 17.8. The topological polar surface area (TPSA) is 60.4 Å². The third-order valence-corrected chi connectivity index (χ3v) is 2.18. The first-order chi connectivity index (χ1) is 6.29. The number of nitriles is 1. The van der Waals surface area contributed by atoms with Gasteiger partial charge in [-0.2, -0.15) is 5.26 Å². The van der Waals surface area contributed by atoms with E-state index in [2.05, 4.69) is 0 Å². The van der Waals surface area contributed by atoms with Gasteiger partial charge in [0, 0.05) is 19.2 Å². The van der Waals surface area contributed by atoms with Crippen molar-refractivity contribution in [1.29, 1.82) is 5.26 Å². The van der Waals surface area contributed by atoms with Gasteiger partial charge in [-0.25, -0.2) is 0 Å². The number of nitrogens with zero attached hydrogens (tertiary/aromatic N) is 2. The lowest BCUT2D eigenvalue weighted by Gasteiger charge is -2.12. The molecule has 13 heavy (non-hydrogen) atoms. The molecular weight excluding hydrogens is 168 g/mol. The van der Waals surface area contributed by atoms with Gasteiger partial charge in [0.1, 0.15) is 6.07 Å². The van der Waals surface area contributed by atoms with Crippen LogP contribution in [0.5, 0.6) is 0 Å². The Bertz CT molecular complexity index is 340. The molecule has 0 bridgehead atoms. The Labute approximate surface area is 76.0 Å². The number of β-amino-alcohol motifs (C(OH)–C–C–N with tert-alkyl or cyclic N) is 1. The van der Waals surface area contributed by atoms with Crippen LogP contribution in [-0.4, -0.2) is 24.3 Å². The van der Waals surface area contributed by atoms with E-state index >= 15 is 0 Å². The second-order valence-electron chi connectivity index (χ2n) is 3.14. The van der Waals surface area contributed by atoms with Gasteiger partial charge < -0.3 is 14.4 Å². The summed E-state index contributed by atoms with van der Waals surface area (Å²) >= 11 is 0. The van der Waals surface area contributed by atoms with Crippen molar-refractivity contribution in [3.63, 3.8) is 0 Å². The molecule has 2 heterocycles. The molecule has 68 valence electrons. The molecule has 4 nitrogen and oxygen atoms in total. The van der Waals surface area contributed by atoms with E-state index in [1.807, 2.05) is 11.0 Å². The van der Waals surface area contributed by atoms with Crippen molar-refractivity contribution >= 4 is 5.88 Å². The molecule has 1 fully saturated rings. The summed E-state index contributed by atoms with van der Waals surface area (Å²) in [6, 6.07) is 5.33. The van der Waals surface area contributed by atoms with Crippen LogP contribution in [0.2, 0.25) is 0 Å². The van der Waals surface area contributed by atoms with E-state index in [4.69, 9.17) is 9.68 Å². The summed E-state index contributed by atoms with van der Waals surface area (Å²) in [7, 11) is 0. The highest BCUT2D eigenvalue weighted by molar-refractivity contribution is 5.40. The van der Waals surface area contributed by atoms with Crippen LogP contribution in [-0.2, 0) is 0 Å². The van der Waals surface area contributed by atoms with Crippen LogP contribution in [0.1, 0.15) is 12.2 Å². The predicted octanol–water partition coefficient (Wildman–Crippen LogP) is 0.722. The maximum absolute atomic E-state index is 9.28. The Morgan fingerprint density at radius 1 is 1.62 bits per heavy atom. The molecule has 1 aliphatic rings. The average Bonchev–Trinajstić information content (AvgIpc) is 2.71. The second-order valence-corrected chi connectivity index (χ2v) is 3.14.